The maximum atomic E-state index is 12.3. The van der Waals surface area contributed by atoms with E-state index >= 15 is 0 Å². The van der Waals surface area contributed by atoms with Crippen molar-refractivity contribution >= 4 is 28.7 Å². The summed E-state index contributed by atoms with van der Waals surface area (Å²) in [5.74, 6) is 0.706. The molecule has 0 saturated carbocycles. The molecule has 1 N–H and O–H groups in total. The number of amides is 1. The first-order valence-electron chi connectivity index (χ1n) is 8.01. The van der Waals surface area contributed by atoms with Crippen LogP contribution < -0.4 is 0 Å². The van der Waals surface area contributed by atoms with Gasteiger partial charge in [-0.3, -0.25) is 4.79 Å². The highest BCUT2D eigenvalue weighted by Crippen LogP contribution is 2.23. The van der Waals surface area contributed by atoms with Gasteiger partial charge in [-0.25, -0.2) is 4.98 Å². The van der Waals surface area contributed by atoms with E-state index < -0.39 is 0 Å². The van der Waals surface area contributed by atoms with Gasteiger partial charge in [-0.15, -0.1) is 0 Å². The molecule has 0 bridgehead atoms. The minimum absolute atomic E-state index is 0.236. The number of hydrogen-bond acceptors (Lipinski definition) is 3. The lowest BCUT2D eigenvalue weighted by molar-refractivity contribution is -0.128. The number of aromatic nitrogens is 2. The first-order valence-corrected chi connectivity index (χ1v) is 8.99. The molecule has 0 aliphatic carbocycles. The molecule has 1 fully saturated rings. The summed E-state index contributed by atoms with van der Waals surface area (Å²) in [5.41, 5.74) is 4.53. The van der Waals surface area contributed by atoms with Crippen LogP contribution in [0.1, 0.15) is 36.8 Å². The second-order valence-corrected chi connectivity index (χ2v) is 7.04. The van der Waals surface area contributed by atoms with E-state index in [4.69, 9.17) is 0 Å². The summed E-state index contributed by atoms with van der Waals surface area (Å²) in [7, 11) is 0. The molecule has 1 amide bonds. The molecule has 0 radical (unpaired) electrons. The number of hydrogen-bond donors (Lipinski definition) is 1. The van der Waals surface area contributed by atoms with Crippen LogP contribution in [0.4, 0.5) is 0 Å². The van der Waals surface area contributed by atoms with Crippen LogP contribution in [0, 0.1) is 13.8 Å². The van der Waals surface area contributed by atoms with Gasteiger partial charge in [-0.05, 0) is 49.9 Å². The zero-order valence-corrected chi connectivity index (χ0v) is 14.1. The Morgan fingerprint density at radius 1 is 1.18 bits per heavy atom. The van der Waals surface area contributed by atoms with Crippen LogP contribution in [0.5, 0.6) is 0 Å². The van der Waals surface area contributed by atoms with Gasteiger partial charge in [0.1, 0.15) is 0 Å². The Labute approximate surface area is 135 Å². The van der Waals surface area contributed by atoms with Gasteiger partial charge < -0.3 is 9.88 Å². The highest BCUT2D eigenvalue weighted by Gasteiger charge is 2.16. The first kappa shape index (κ1) is 15.4. The smallest absolute Gasteiger partial charge is 0.233 e. The van der Waals surface area contributed by atoms with Gasteiger partial charge >= 0.3 is 0 Å². The molecule has 1 aromatic heterocycles. The zero-order chi connectivity index (χ0) is 15.5. The summed E-state index contributed by atoms with van der Waals surface area (Å²) in [4.78, 5) is 22.2. The Kier molecular flexibility index (Phi) is 4.71. The van der Waals surface area contributed by atoms with Crippen LogP contribution in [0.15, 0.2) is 17.3 Å². The summed E-state index contributed by atoms with van der Waals surface area (Å²) >= 11 is 1.51. The van der Waals surface area contributed by atoms with Crippen molar-refractivity contribution in [1.82, 2.24) is 14.9 Å². The fourth-order valence-corrected chi connectivity index (χ4v) is 3.64. The van der Waals surface area contributed by atoms with Crippen molar-refractivity contribution in [1.29, 1.82) is 0 Å². The first-order chi connectivity index (χ1) is 10.6. The number of imidazole rings is 1. The van der Waals surface area contributed by atoms with E-state index in [1.807, 2.05) is 4.90 Å². The summed E-state index contributed by atoms with van der Waals surface area (Å²) in [5, 5.41) is 0.836. The van der Waals surface area contributed by atoms with E-state index in [0.29, 0.717) is 5.75 Å². The van der Waals surface area contributed by atoms with Gasteiger partial charge in [0.25, 0.3) is 0 Å². The predicted octanol–water partition coefficient (Wildman–Crippen LogP) is 3.67. The van der Waals surface area contributed by atoms with Crippen molar-refractivity contribution < 1.29 is 4.79 Å². The molecular weight excluding hydrogens is 294 g/mol. The quantitative estimate of drug-likeness (QED) is 0.879. The monoisotopic (exact) mass is 317 g/mol. The van der Waals surface area contributed by atoms with Gasteiger partial charge in [0.15, 0.2) is 5.16 Å². The number of thioether (sulfide) groups is 1. The molecule has 4 nitrogen and oxygen atoms in total. The highest BCUT2D eigenvalue weighted by atomic mass is 32.2. The van der Waals surface area contributed by atoms with Crippen molar-refractivity contribution in [2.75, 3.05) is 18.8 Å². The van der Waals surface area contributed by atoms with Gasteiger partial charge in [-0.1, -0.05) is 24.6 Å². The third-order valence-electron chi connectivity index (χ3n) is 4.37. The molecule has 1 aliphatic rings. The normalized spacial score (nSPS) is 16.0. The fraction of sp³-hybridized carbons (Fsp3) is 0.529. The number of carbonyl (C=O) groups excluding carboxylic acids is 1. The van der Waals surface area contributed by atoms with E-state index in [-0.39, 0.29) is 5.91 Å². The molecule has 2 aromatic rings. The van der Waals surface area contributed by atoms with Gasteiger partial charge in [-0.2, -0.15) is 0 Å². The molecule has 1 saturated heterocycles. The largest absolute Gasteiger partial charge is 0.342 e. The van der Waals surface area contributed by atoms with Gasteiger partial charge in [0.05, 0.1) is 16.8 Å². The summed E-state index contributed by atoms with van der Waals surface area (Å²) in [6.07, 6.45) is 4.78. The van der Waals surface area contributed by atoms with Crippen LogP contribution >= 0.6 is 11.8 Å². The van der Waals surface area contributed by atoms with Crippen molar-refractivity contribution in [3.05, 3.63) is 23.3 Å². The van der Waals surface area contributed by atoms with Crippen molar-refractivity contribution in [2.24, 2.45) is 0 Å². The Hall–Kier alpha value is -1.49. The highest BCUT2D eigenvalue weighted by molar-refractivity contribution is 7.99. The molecule has 1 aliphatic heterocycles. The number of H-pyrrole nitrogens is 1. The van der Waals surface area contributed by atoms with Crippen LogP contribution in [0.25, 0.3) is 11.0 Å². The van der Waals surface area contributed by atoms with E-state index in [2.05, 4.69) is 35.9 Å². The molecule has 1 aromatic carbocycles. The minimum Gasteiger partial charge on any atom is -0.342 e. The molecule has 22 heavy (non-hydrogen) atoms. The average molecular weight is 317 g/mol. The number of fused-ring (bicyclic) bond motifs is 1. The maximum Gasteiger partial charge on any atom is 0.233 e. The number of aryl methyl sites for hydroxylation is 2. The Bertz CT molecular complexity index is 633. The molecule has 0 spiro atoms. The Balaban J connectivity index is 1.64. The Morgan fingerprint density at radius 3 is 2.59 bits per heavy atom. The number of nitrogens with zero attached hydrogens (tertiary/aromatic N) is 2. The zero-order valence-electron chi connectivity index (χ0n) is 13.3. The lowest BCUT2D eigenvalue weighted by Crippen LogP contribution is -2.33. The van der Waals surface area contributed by atoms with Crippen molar-refractivity contribution in [2.45, 2.75) is 44.7 Å². The third-order valence-corrected chi connectivity index (χ3v) is 5.22. The maximum absolute atomic E-state index is 12.3. The Morgan fingerprint density at radius 2 is 1.86 bits per heavy atom. The predicted molar refractivity (Wildman–Crippen MR) is 91.3 cm³/mol. The van der Waals surface area contributed by atoms with Crippen LogP contribution in [-0.4, -0.2) is 39.6 Å². The summed E-state index contributed by atoms with van der Waals surface area (Å²) < 4.78 is 0. The van der Waals surface area contributed by atoms with E-state index in [9.17, 15) is 4.79 Å². The number of benzene rings is 1. The number of rotatable bonds is 3. The summed E-state index contributed by atoms with van der Waals surface area (Å²) in [6.45, 7) is 6.03. The number of aromatic amines is 1. The molecule has 5 heteroatoms. The van der Waals surface area contributed by atoms with E-state index in [1.54, 1.807) is 0 Å². The van der Waals surface area contributed by atoms with Crippen LogP contribution in [0.2, 0.25) is 0 Å². The third kappa shape index (κ3) is 3.46. The topological polar surface area (TPSA) is 49.0 Å². The second kappa shape index (κ2) is 6.73. The molecule has 0 atom stereocenters. The molecule has 3 rings (SSSR count). The number of nitrogens with one attached hydrogen (secondary N) is 1. The molecule has 118 valence electrons. The number of likely N-dealkylation sites (tertiary alicyclic amines) is 1. The van der Waals surface area contributed by atoms with Gasteiger partial charge in [0, 0.05) is 13.1 Å². The lowest BCUT2D eigenvalue weighted by Gasteiger charge is -2.19. The minimum atomic E-state index is 0.236. The van der Waals surface area contributed by atoms with Crippen LogP contribution in [-0.2, 0) is 4.79 Å². The SMILES string of the molecule is Cc1cc2nc(SCC(=O)N3CCCCCC3)[nH]c2cc1C. The van der Waals surface area contributed by atoms with E-state index in [0.717, 1.165) is 42.1 Å². The number of carbonyl (C=O) groups is 1. The molecule has 2 heterocycles. The van der Waals surface area contributed by atoms with Crippen molar-refractivity contribution in [3.8, 4) is 0 Å². The van der Waals surface area contributed by atoms with Crippen molar-refractivity contribution in [3.63, 3.8) is 0 Å². The molecular formula is C17H23N3OS. The van der Waals surface area contributed by atoms with Crippen LogP contribution in [0.3, 0.4) is 0 Å². The average Bonchev–Trinajstić information content (AvgIpc) is 2.72. The molecule has 0 unspecified atom stereocenters. The van der Waals surface area contributed by atoms with Gasteiger partial charge in [0.2, 0.25) is 5.91 Å². The fourth-order valence-electron chi connectivity index (χ4n) is 2.86. The summed E-state index contributed by atoms with van der Waals surface area (Å²) in [6, 6.07) is 4.22. The lowest BCUT2D eigenvalue weighted by atomic mass is 10.1. The second-order valence-electron chi connectivity index (χ2n) is 6.08. The standard InChI is InChI=1S/C17H23N3OS/c1-12-9-14-15(10-13(12)2)19-17(18-14)22-11-16(21)20-7-5-3-4-6-8-20/h9-10H,3-8,11H2,1-2H3,(H,18,19). The van der Waals surface area contributed by atoms with E-state index in [1.165, 1.54) is 35.7 Å².